The fourth-order valence-corrected chi connectivity index (χ4v) is 4.26. The lowest BCUT2D eigenvalue weighted by atomic mass is 10.2. The van der Waals surface area contributed by atoms with E-state index in [9.17, 15) is 9.59 Å². The Bertz CT molecular complexity index is 986. The Morgan fingerprint density at radius 2 is 2.33 bits per heavy atom. The Labute approximate surface area is 140 Å². The highest BCUT2D eigenvalue weighted by molar-refractivity contribution is 7.18. The van der Waals surface area contributed by atoms with E-state index in [1.54, 1.807) is 23.0 Å². The van der Waals surface area contributed by atoms with Crippen molar-refractivity contribution in [1.82, 2.24) is 24.7 Å². The number of aromatic nitrogens is 5. The van der Waals surface area contributed by atoms with Gasteiger partial charge in [0.15, 0.2) is 0 Å². The third kappa shape index (κ3) is 2.60. The molecule has 0 bridgehead atoms. The summed E-state index contributed by atoms with van der Waals surface area (Å²) < 4.78 is 1.62. The van der Waals surface area contributed by atoms with Crippen molar-refractivity contribution in [2.24, 2.45) is 7.05 Å². The van der Waals surface area contributed by atoms with Gasteiger partial charge < -0.3 is 9.55 Å². The third-order valence-electron chi connectivity index (χ3n) is 4.18. The Morgan fingerprint density at radius 1 is 1.46 bits per heavy atom. The molecule has 1 aliphatic carbocycles. The number of aromatic amines is 1. The highest BCUT2D eigenvalue weighted by atomic mass is 32.1. The molecular formula is C15H16N6O2S. The van der Waals surface area contributed by atoms with Crippen LogP contribution in [0.4, 0.5) is 5.95 Å². The smallest absolute Gasteiger partial charge is 0.259 e. The zero-order valence-electron chi connectivity index (χ0n) is 13.1. The number of amides is 1. The van der Waals surface area contributed by atoms with E-state index in [-0.39, 0.29) is 17.9 Å². The standard InChI is InChI=1S/C15H16N6O2S/c1-21-7-16-20-15(21)19-11(22)6-5-10-17-13(23)12-8-3-2-4-9(8)24-14(12)18-10/h7H,2-6H2,1H3,(H,17,18,23)(H,19,20,22). The highest BCUT2D eigenvalue weighted by Crippen LogP contribution is 2.34. The second-order valence-electron chi connectivity index (χ2n) is 5.86. The van der Waals surface area contributed by atoms with Crippen molar-refractivity contribution in [2.75, 3.05) is 5.32 Å². The summed E-state index contributed by atoms with van der Waals surface area (Å²) in [5, 5.41) is 10.9. The van der Waals surface area contributed by atoms with Gasteiger partial charge in [-0.05, 0) is 24.8 Å². The number of anilines is 1. The largest absolute Gasteiger partial charge is 0.310 e. The van der Waals surface area contributed by atoms with Crippen LogP contribution in [0.25, 0.3) is 10.2 Å². The fraction of sp³-hybridized carbons (Fsp3) is 0.400. The van der Waals surface area contributed by atoms with E-state index in [2.05, 4.69) is 25.5 Å². The van der Waals surface area contributed by atoms with Crippen LogP contribution in [0.1, 0.15) is 29.1 Å². The molecule has 24 heavy (non-hydrogen) atoms. The molecule has 0 fully saturated rings. The first-order chi connectivity index (χ1) is 11.6. The summed E-state index contributed by atoms with van der Waals surface area (Å²) in [5.41, 5.74) is 1.07. The summed E-state index contributed by atoms with van der Waals surface area (Å²) in [6.45, 7) is 0. The maximum atomic E-state index is 12.4. The molecule has 0 unspecified atom stereocenters. The van der Waals surface area contributed by atoms with Crippen LogP contribution in [-0.4, -0.2) is 30.6 Å². The maximum absolute atomic E-state index is 12.4. The summed E-state index contributed by atoms with van der Waals surface area (Å²) in [6, 6.07) is 0. The quantitative estimate of drug-likeness (QED) is 0.739. The van der Waals surface area contributed by atoms with Crippen molar-refractivity contribution in [3.63, 3.8) is 0 Å². The van der Waals surface area contributed by atoms with Crippen molar-refractivity contribution >= 4 is 33.4 Å². The van der Waals surface area contributed by atoms with E-state index in [0.29, 0.717) is 18.2 Å². The molecule has 124 valence electrons. The van der Waals surface area contributed by atoms with Crippen LogP contribution in [0.15, 0.2) is 11.1 Å². The predicted octanol–water partition coefficient (Wildman–Crippen LogP) is 1.17. The molecule has 0 aliphatic heterocycles. The number of hydrogen-bond donors (Lipinski definition) is 2. The summed E-state index contributed by atoms with van der Waals surface area (Å²) in [4.78, 5) is 33.8. The summed E-state index contributed by atoms with van der Waals surface area (Å²) in [7, 11) is 1.75. The molecule has 2 N–H and O–H groups in total. The van der Waals surface area contributed by atoms with E-state index in [4.69, 9.17) is 0 Å². The highest BCUT2D eigenvalue weighted by Gasteiger charge is 2.21. The second kappa shape index (κ2) is 5.82. The molecule has 0 radical (unpaired) electrons. The number of nitrogens with one attached hydrogen (secondary N) is 2. The molecule has 0 aromatic carbocycles. The van der Waals surface area contributed by atoms with Crippen LogP contribution < -0.4 is 10.9 Å². The lowest BCUT2D eigenvalue weighted by molar-refractivity contribution is -0.116. The van der Waals surface area contributed by atoms with Gasteiger partial charge >= 0.3 is 0 Å². The minimum Gasteiger partial charge on any atom is -0.310 e. The predicted molar refractivity (Wildman–Crippen MR) is 90.2 cm³/mol. The van der Waals surface area contributed by atoms with Crippen molar-refractivity contribution < 1.29 is 4.79 Å². The molecule has 0 saturated heterocycles. The van der Waals surface area contributed by atoms with Gasteiger partial charge in [-0.3, -0.25) is 14.9 Å². The molecule has 0 spiro atoms. The topological polar surface area (TPSA) is 106 Å². The number of aryl methyl sites for hydroxylation is 4. The molecule has 1 amide bonds. The first-order valence-electron chi connectivity index (χ1n) is 7.79. The van der Waals surface area contributed by atoms with Gasteiger partial charge in [0.05, 0.1) is 5.39 Å². The first-order valence-corrected chi connectivity index (χ1v) is 8.61. The van der Waals surface area contributed by atoms with Crippen LogP contribution >= 0.6 is 11.3 Å². The van der Waals surface area contributed by atoms with Crippen molar-refractivity contribution in [3.8, 4) is 0 Å². The van der Waals surface area contributed by atoms with Crippen LogP contribution in [0.5, 0.6) is 0 Å². The Balaban J connectivity index is 1.50. The van der Waals surface area contributed by atoms with Crippen LogP contribution in [0.2, 0.25) is 0 Å². The van der Waals surface area contributed by atoms with Gasteiger partial charge in [0.1, 0.15) is 17.0 Å². The summed E-state index contributed by atoms with van der Waals surface area (Å²) >= 11 is 1.60. The summed E-state index contributed by atoms with van der Waals surface area (Å²) in [6.07, 6.45) is 5.20. The van der Waals surface area contributed by atoms with Crippen molar-refractivity contribution in [3.05, 3.63) is 32.9 Å². The molecule has 3 heterocycles. The second-order valence-corrected chi connectivity index (χ2v) is 6.95. The number of H-pyrrole nitrogens is 1. The monoisotopic (exact) mass is 344 g/mol. The fourth-order valence-electron chi connectivity index (χ4n) is 2.98. The molecule has 1 aliphatic rings. The first kappa shape index (κ1) is 15.0. The Morgan fingerprint density at radius 3 is 3.12 bits per heavy atom. The molecule has 3 aromatic rings. The van der Waals surface area contributed by atoms with Crippen molar-refractivity contribution in [1.29, 1.82) is 0 Å². The number of carbonyl (C=O) groups excluding carboxylic acids is 1. The van der Waals surface area contributed by atoms with Crippen molar-refractivity contribution in [2.45, 2.75) is 32.1 Å². The van der Waals surface area contributed by atoms with Gasteiger partial charge in [-0.15, -0.1) is 21.5 Å². The molecule has 4 rings (SSSR count). The zero-order valence-corrected chi connectivity index (χ0v) is 13.9. The van der Waals surface area contributed by atoms with Crippen LogP contribution in [0.3, 0.4) is 0 Å². The molecule has 0 atom stereocenters. The number of thiophene rings is 1. The number of fused-ring (bicyclic) bond motifs is 3. The number of hydrogen-bond acceptors (Lipinski definition) is 6. The van der Waals surface area contributed by atoms with Gasteiger partial charge in [0.25, 0.3) is 5.56 Å². The lowest BCUT2D eigenvalue weighted by Crippen LogP contribution is -2.17. The Kier molecular flexibility index (Phi) is 3.64. The molecule has 3 aromatic heterocycles. The number of rotatable bonds is 4. The van der Waals surface area contributed by atoms with E-state index >= 15 is 0 Å². The molecule has 8 nitrogen and oxygen atoms in total. The minimum atomic E-state index is -0.192. The summed E-state index contributed by atoms with van der Waals surface area (Å²) in [5.74, 6) is 0.745. The average molecular weight is 344 g/mol. The van der Waals surface area contributed by atoms with E-state index in [0.717, 1.165) is 35.0 Å². The zero-order chi connectivity index (χ0) is 16.7. The Hall–Kier alpha value is -2.55. The van der Waals surface area contributed by atoms with Gasteiger partial charge in [-0.1, -0.05) is 0 Å². The molecular weight excluding hydrogens is 328 g/mol. The van der Waals surface area contributed by atoms with Crippen LogP contribution in [0, 0.1) is 0 Å². The van der Waals surface area contributed by atoms with Crippen LogP contribution in [-0.2, 0) is 31.1 Å². The number of carbonyl (C=O) groups is 1. The van der Waals surface area contributed by atoms with Gasteiger partial charge in [-0.25, -0.2) is 4.98 Å². The SMILES string of the molecule is Cn1cnnc1NC(=O)CCc1nc2sc3c(c2c(=O)[nH]1)CCC3. The molecule has 0 saturated carbocycles. The van der Waals surface area contributed by atoms with Gasteiger partial charge in [-0.2, -0.15) is 0 Å². The third-order valence-corrected chi connectivity index (χ3v) is 5.36. The molecule has 9 heteroatoms. The van der Waals surface area contributed by atoms with E-state index < -0.39 is 0 Å². The lowest BCUT2D eigenvalue weighted by Gasteiger charge is -2.04. The van der Waals surface area contributed by atoms with E-state index in [1.165, 1.54) is 11.2 Å². The van der Waals surface area contributed by atoms with E-state index in [1.807, 2.05) is 0 Å². The normalized spacial score (nSPS) is 13.4. The van der Waals surface area contributed by atoms with Gasteiger partial charge in [0.2, 0.25) is 11.9 Å². The van der Waals surface area contributed by atoms with Gasteiger partial charge in [0, 0.05) is 24.8 Å². The average Bonchev–Trinajstić information content (AvgIpc) is 3.21. The minimum absolute atomic E-state index is 0.0943. The maximum Gasteiger partial charge on any atom is 0.259 e. The number of nitrogens with zero attached hydrogens (tertiary/aromatic N) is 4.